The van der Waals surface area contributed by atoms with Crippen LogP contribution in [0.25, 0.3) is 0 Å². The van der Waals surface area contributed by atoms with Crippen molar-refractivity contribution in [3.63, 3.8) is 0 Å². The van der Waals surface area contributed by atoms with Crippen LogP contribution < -0.4 is 10.5 Å². The van der Waals surface area contributed by atoms with Crippen molar-refractivity contribution in [2.45, 2.75) is 32.0 Å². The average Bonchev–Trinajstić information content (AvgIpc) is 2.58. The van der Waals surface area contributed by atoms with E-state index in [9.17, 15) is 0 Å². The molecule has 0 unspecified atom stereocenters. The van der Waals surface area contributed by atoms with E-state index in [1.807, 2.05) is 18.2 Å². The number of piperidine rings is 1. The van der Waals surface area contributed by atoms with Crippen LogP contribution in [-0.2, 0) is 9.47 Å². The molecule has 1 aromatic carbocycles. The number of likely N-dealkylation sites (tertiary alicyclic amines) is 1. The molecule has 1 aromatic rings. The van der Waals surface area contributed by atoms with E-state index in [0.29, 0.717) is 12.3 Å². The largest absolute Gasteiger partial charge is 0.490 e. The third-order valence-corrected chi connectivity index (χ3v) is 4.25. The van der Waals surface area contributed by atoms with Gasteiger partial charge in [0.05, 0.1) is 18.9 Å². The maximum Gasteiger partial charge on any atom is 0.183 e. The predicted octanol–water partition coefficient (Wildman–Crippen LogP) is 2.57. The molecule has 2 saturated heterocycles. The summed E-state index contributed by atoms with van der Waals surface area (Å²) in [5.41, 5.74) is 7.70. The molecule has 5 nitrogen and oxygen atoms in total. The highest BCUT2D eigenvalue weighted by atomic mass is 16.7. The molecule has 0 bridgehead atoms. The van der Waals surface area contributed by atoms with Crippen LogP contribution in [0.5, 0.6) is 5.75 Å². The van der Waals surface area contributed by atoms with Gasteiger partial charge in [0, 0.05) is 12.1 Å². The first-order valence-corrected chi connectivity index (χ1v) is 8.31. The van der Waals surface area contributed by atoms with Gasteiger partial charge in [0.2, 0.25) is 0 Å². The Morgan fingerprint density at radius 1 is 1.09 bits per heavy atom. The van der Waals surface area contributed by atoms with E-state index in [4.69, 9.17) is 19.9 Å². The Balaban J connectivity index is 1.50. The number of hydrogen-bond acceptors (Lipinski definition) is 5. The second-order valence-electron chi connectivity index (χ2n) is 5.98. The molecule has 0 amide bonds. The molecule has 0 radical (unpaired) electrons. The minimum atomic E-state index is -0.293. The summed E-state index contributed by atoms with van der Waals surface area (Å²) in [6.07, 6.45) is 4.62. The quantitative estimate of drug-likeness (QED) is 0.847. The molecule has 22 heavy (non-hydrogen) atoms. The van der Waals surface area contributed by atoms with Gasteiger partial charge in [-0.1, -0.05) is 12.5 Å². The number of benzene rings is 1. The molecular formula is C17H26N2O3. The van der Waals surface area contributed by atoms with Crippen molar-refractivity contribution in [3.8, 4) is 5.75 Å². The van der Waals surface area contributed by atoms with Gasteiger partial charge in [0.1, 0.15) is 12.4 Å². The van der Waals surface area contributed by atoms with Gasteiger partial charge in [-0.2, -0.15) is 0 Å². The van der Waals surface area contributed by atoms with Gasteiger partial charge < -0.3 is 19.9 Å². The fourth-order valence-electron chi connectivity index (χ4n) is 2.99. The second kappa shape index (κ2) is 7.81. The standard InChI is InChI=1S/C17H26N2O3/c18-15-13-14(17-21-10-4-11-22-17)5-6-16(15)20-12-9-19-7-2-1-3-8-19/h5-6,13,17H,1-4,7-12,18H2. The topological polar surface area (TPSA) is 57.0 Å². The second-order valence-corrected chi connectivity index (χ2v) is 5.98. The minimum absolute atomic E-state index is 0.293. The van der Waals surface area contributed by atoms with E-state index in [0.717, 1.165) is 37.5 Å². The van der Waals surface area contributed by atoms with Crippen molar-refractivity contribution in [1.82, 2.24) is 4.90 Å². The first-order chi connectivity index (χ1) is 10.8. The first kappa shape index (κ1) is 15.6. The molecule has 2 heterocycles. The summed E-state index contributed by atoms with van der Waals surface area (Å²) >= 11 is 0. The Morgan fingerprint density at radius 3 is 2.59 bits per heavy atom. The Labute approximate surface area is 132 Å². The van der Waals surface area contributed by atoms with E-state index in [-0.39, 0.29) is 6.29 Å². The zero-order valence-electron chi connectivity index (χ0n) is 13.1. The highest BCUT2D eigenvalue weighted by Crippen LogP contribution is 2.29. The van der Waals surface area contributed by atoms with Crippen molar-refractivity contribution in [2.24, 2.45) is 0 Å². The van der Waals surface area contributed by atoms with Crippen LogP contribution in [0.15, 0.2) is 18.2 Å². The highest BCUT2D eigenvalue weighted by Gasteiger charge is 2.17. The highest BCUT2D eigenvalue weighted by molar-refractivity contribution is 5.54. The molecule has 0 aliphatic carbocycles. The molecule has 3 rings (SSSR count). The number of nitrogens with two attached hydrogens (primary N) is 1. The summed E-state index contributed by atoms with van der Waals surface area (Å²) in [4.78, 5) is 2.46. The zero-order valence-corrected chi connectivity index (χ0v) is 13.1. The normalized spacial score (nSPS) is 20.9. The van der Waals surface area contributed by atoms with Gasteiger partial charge in [-0.25, -0.2) is 0 Å². The maximum absolute atomic E-state index is 6.10. The van der Waals surface area contributed by atoms with Gasteiger partial charge in [-0.15, -0.1) is 0 Å². The van der Waals surface area contributed by atoms with Crippen molar-refractivity contribution in [1.29, 1.82) is 0 Å². The van der Waals surface area contributed by atoms with E-state index >= 15 is 0 Å². The van der Waals surface area contributed by atoms with Gasteiger partial charge in [0.15, 0.2) is 6.29 Å². The molecule has 2 aliphatic heterocycles. The van der Waals surface area contributed by atoms with E-state index in [2.05, 4.69) is 4.90 Å². The lowest BCUT2D eigenvalue weighted by molar-refractivity contribution is -0.183. The monoisotopic (exact) mass is 306 g/mol. The summed E-state index contributed by atoms with van der Waals surface area (Å²) in [5.74, 6) is 0.747. The van der Waals surface area contributed by atoms with Crippen molar-refractivity contribution in [2.75, 3.05) is 45.2 Å². The van der Waals surface area contributed by atoms with Crippen LogP contribution in [0.4, 0.5) is 5.69 Å². The lowest BCUT2D eigenvalue weighted by atomic mass is 10.1. The molecule has 5 heteroatoms. The molecule has 2 N–H and O–H groups in total. The van der Waals surface area contributed by atoms with Crippen LogP contribution in [0.2, 0.25) is 0 Å². The molecule has 2 fully saturated rings. The fraction of sp³-hybridized carbons (Fsp3) is 0.647. The third kappa shape index (κ3) is 4.12. The summed E-state index contributed by atoms with van der Waals surface area (Å²) < 4.78 is 17.0. The van der Waals surface area contributed by atoms with Gasteiger partial charge in [-0.3, -0.25) is 4.90 Å². The number of nitrogen functional groups attached to an aromatic ring is 1. The average molecular weight is 306 g/mol. The van der Waals surface area contributed by atoms with Crippen molar-refractivity contribution >= 4 is 5.69 Å². The van der Waals surface area contributed by atoms with E-state index in [1.165, 1.54) is 32.4 Å². The summed E-state index contributed by atoms with van der Waals surface area (Å²) in [5, 5.41) is 0. The Kier molecular flexibility index (Phi) is 5.53. The Bertz CT molecular complexity index is 469. The molecule has 0 aromatic heterocycles. The number of anilines is 1. The number of hydrogen-bond donors (Lipinski definition) is 1. The van der Waals surface area contributed by atoms with Crippen molar-refractivity contribution < 1.29 is 14.2 Å². The SMILES string of the molecule is Nc1cc(C2OCCCO2)ccc1OCCN1CCCCC1. The molecule has 0 spiro atoms. The fourth-order valence-corrected chi connectivity index (χ4v) is 2.99. The lowest BCUT2D eigenvalue weighted by Crippen LogP contribution is -2.33. The molecule has 0 atom stereocenters. The number of nitrogens with zero attached hydrogens (tertiary/aromatic N) is 1. The van der Waals surface area contributed by atoms with Crippen LogP contribution >= 0.6 is 0 Å². The molecule has 0 saturated carbocycles. The Morgan fingerprint density at radius 2 is 1.86 bits per heavy atom. The number of ether oxygens (including phenoxy) is 3. The van der Waals surface area contributed by atoms with Crippen LogP contribution in [0.3, 0.4) is 0 Å². The number of rotatable bonds is 5. The van der Waals surface area contributed by atoms with Crippen LogP contribution in [0.1, 0.15) is 37.5 Å². The maximum atomic E-state index is 6.10. The first-order valence-electron chi connectivity index (χ1n) is 8.31. The minimum Gasteiger partial charge on any atom is -0.490 e. The summed E-state index contributed by atoms with van der Waals surface area (Å²) in [6, 6.07) is 5.79. The van der Waals surface area contributed by atoms with Crippen molar-refractivity contribution in [3.05, 3.63) is 23.8 Å². The zero-order chi connectivity index (χ0) is 15.2. The Hall–Kier alpha value is -1.30. The summed E-state index contributed by atoms with van der Waals surface area (Å²) in [6.45, 7) is 5.50. The van der Waals surface area contributed by atoms with E-state index < -0.39 is 0 Å². The smallest absolute Gasteiger partial charge is 0.183 e. The molecule has 2 aliphatic rings. The van der Waals surface area contributed by atoms with Crippen LogP contribution in [0, 0.1) is 0 Å². The van der Waals surface area contributed by atoms with Gasteiger partial charge >= 0.3 is 0 Å². The third-order valence-electron chi connectivity index (χ3n) is 4.25. The van der Waals surface area contributed by atoms with E-state index in [1.54, 1.807) is 0 Å². The summed E-state index contributed by atoms with van der Waals surface area (Å²) in [7, 11) is 0. The molecule has 122 valence electrons. The predicted molar refractivity (Wildman–Crippen MR) is 85.9 cm³/mol. The van der Waals surface area contributed by atoms with Gasteiger partial charge in [0.25, 0.3) is 0 Å². The van der Waals surface area contributed by atoms with Gasteiger partial charge in [-0.05, 0) is 44.5 Å². The molecular weight excluding hydrogens is 280 g/mol. The lowest BCUT2D eigenvalue weighted by Gasteiger charge is -2.26. The van der Waals surface area contributed by atoms with Crippen LogP contribution in [-0.4, -0.2) is 44.4 Å².